The van der Waals surface area contributed by atoms with Gasteiger partial charge in [-0.05, 0) is 0 Å². The van der Waals surface area contributed by atoms with Crippen molar-refractivity contribution in [1.29, 1.82) is 0 Å². The van der Waals surface area contributed by atoms with Crippen molar-refractivity contribution in [2.75, 3.05) is 0 Å². The van der Waals surface area contributed by atoms with Crippen LogP contribution in [0.15, 0.2) is 0 Å². The first-order valence-electron chi connectivity index (χ1n) is 0.717. The average Bonchev–Trinajstić information content (AvgIpc) is 0.722. The Morgan fingerprint density at radius 3 is 1.43 bits per heavy atom. The molecule has 0 rings (SSSR count). The smallest absolute Gasteiger partial charge is 0.799 e. The van der Waals surface area contributed by atoms with Gasteiger partial charge in [-0.25, -0.2) is 0 Å². The molecule has 3 nitrogen and oxygen atoms in total. The Labute approximate surface area is 74.4 Å². The maximum atomic E-state index is 8.87. The van der Waals surface area contributed by atoms with Gasteiger partial charge in [-0.1, -0.05) is 11.2 Å². The van der Waals surface area contributed by atoms with Crippen LogP contribution in [0.1, 0.15) is 0 Å². The van der Waals surface area contributed by atoms with E-state index in [1.807, 2.05) is 0 Å². The molecule has 7 heteroatoms. The maximum Gasteiger partial charge on any atom is 2.00 e. The van der Waals surface area contributed by atoms with Gasteiger partial charge in [0.15, 0.2) is 0 Å². The molecule has 0 heterocycles. The Balaban J connectivity index is -0.0000000800. The Bertz CT molecular complexity index is 61.1. The SMILES string of the molecule is F.O=P([O-])([O-])Cl.[Ca+2]. The van der Waals surface area contributed by atoms with Crippen molar-refractivity contribution in [2.45, 2.75) is 0 Å². The summed E-state index contributed by atoms with van der Waals surface area (Å²) in [5.41, 5.74) is 0. The molecule has 0 aliphatic heterocycles. The Morgan fingerprint density at radius 2 is 1.43 bits per heavy atom. The second-order valence-electron chi connectivity index (χ2n) is 0.431. The summed E-state index contributed by atoms with van der Waals surface area (Å²) in [6, 6.07) is 0. The number of halogens is 2. The van der Waals surface area contributed by atoms with Crippen LogP contribution in [0.5, 0.6) is 0 Å². The van der Waals surface area contributed by atoms with E-state index in [4.69, 9.17) is 14.4 Å². The van der Waals surface area contributed by atoms with Gasteiger partial charge in [-0.3, -0.25) is 4.70 Å². The van der Waals surface area contributed by atoms with Crippen LogP contribution < -0.4 is 9.79 Å². The van der Waals surface area contributed by atoms with E-state index in [2.05, 4.69) is 11.2 Å². The van der Waals surface area contributed by atoms with Crippen LogP contribution in [0.3, 0.4) is 0 Å². The third-order valence-electron chi connectivity index (χ3n) is 0. The molecule has 0 bridgehead atoms. The topological polar surface area (TPSA) is 63.2 Å². The van der Waals surface area contributed by atoms with Gasteiger partial charge >= 0.3 is 37.7 Å². The van der Waals surface area contributed by atoms with Crippen LogP contribution in [-0.2, 0) is 4.57 Å². The fourth-order valence-electron chi connectivity index (χ4n) is 0. The molecule has 0 aromatic rings. The summed E-state index contributed by atoms with van der Waals surface area (Å²) in [7, 11) is 0. The Morgan fingerprint density at radius 1 is 1.43 bits per heavy atom. The summed E-state index contributed by atoms with van der Waals surface area (Å²) in [5, 5.41) is 0. The summed E-state index contributed by atoms with van der Waals surface area (Å²) < 4.78 is 8.87. The molecule has 0 radical (unpaired) electrons. The van der Waals surface area contributed by atoms with E-state index in [9.17, 15) is 0 Å². The standard InChI is InChI=1S/Ca.ClH2O3P.FH/c;1-5(2,3)4;/h;(H2,2,3,4);1H/q+2;;/p-2. The molecule has 40 valence electrons. The third kappa shape index (κ3) is 91.0. The van der Waals surface area contributed by atoms with Crippen LogP contribution in [0, 0.1) is 0 Å². The van der Waals surface area contributed by atoms with Crippen molar-refractivity contribution in [1.82, 2.24) is 0 Å². The predicted octanol–water partition coefficient (Wildman–Crippen LogP) is -1.17. The van der Waals surface area contributed by atoms with Gasteiger partial charge in [-0.15, -0.1) is 0 Å². The number of hydrogen-bond acceptors (Lipinski definition) is 3. The van der Waals surface area contributed by atoms with Gasteiger partial charge in [0.25, 0.3) is 0 Å². The third-order valence-corrected chi connectivity index (χ3v) is 0. The van der Waals surface area contributed by atoms with Gasteiger partial charge in [0, 0.05) is 6.95 Å². The van der Waals surface area contributed by atoms with Crippen molar-refractivity contribution in [3.63, 3.8) is 0 Å². The molecule has 0 aromatic heterocycles. The second kappa shape index (κ2) is 5.76. The van der Waals surface area contributed by atoms with Crippen LogP contribution in [0.25, 0.3) is 0 Å². The van der Waals surface area contributed by atoms with E-state index >= 15 is 0 Å². The molecule has 0 aliphatic rings. The first-order valence-corrected chi connectivity index (χ1v) is 3.16. The summed E-state index contributed by atoms with van der Waals surface area (Å²) in [6.45, 7) is -4.67. The molecular weight excluding hydrogens is 174 g/mol. The van der Waals surface area contributed by atoms with Gasteiger partial charge in [0.1, 0.15) is 0 Å². The zero-order chi connectivity index (χ0) is 4.50. The molecular formula is HCaClFO3P. The molecule has 0 saturated carbocycles. The minimum absolute atomic E-state index is 0. The molecule has 0 spiro atoms. The van der Waals surface area contributed by atoms with Crippen LogP contribution in [0.4, 0.5) is 4.70 Å². The minimum Gasteiger partial charge on any atom is -0.799 e. The minimum atomic E-state index is -4.67. The van der Waals surface area contributed by atoms with Crippen molar-refractivity contribution in [3.8, 4) is 0 Å². The van der Waals surface area contributed by atoms with Crippen molar-refractivity contribution in [2.24, 2.45) is 0 Å². The maximum absolute atomic E-state index is 8.87. The molecule has 0 saturated heterocycles. The second-order valence-corrected chi connectivity index (χ2v) is 2.53. The fraction of sp³-hybridized carbons (Fsp3) is 0. The monoisotopic (exact) mass is 174 g/mol. The fourth-order valence-corrected chi connectivity index (χ4v) is 0. The average molecular weight is 175 g/mol. The zero-order valence-electron chi connectivity index (χ0n) is 3.17. The van der Waals surface area contributed by atoms with E-state index in [1.165, 1.54) is 0 Å². The molecule has 0 aromatic carbocycles. The quantitative estimate of drug-likeness (QED) is 0.343. The number of hydrogen-bond donors (Lipinski definition) is 0. The molecule has 0 atom stereocenters. The van der Waals surface area contributed by atoms with Gasteiger partial charge < -0.3 is 14.4 Å². The normalized spacial score (nSPS) is 8.43. The van der Waals surface area contributed by atoms with E-state index in [-0.39, 0.29) is 42.4 Å². The van der Waals surface area contributed by atoms with Gasteiger partial charge in [0.2, 0.25) is 0 Å². The summed E-state index contributed by atoms with van der Waals surface area (Å²) in [6.07, 6.45) is 0. The Kier molecular flexibility index (Phi) is 13.0. The first-order chi connectivity index (χ1) is 2.00. The van der Waals surface area contributed by atoms with Crippen LogP contribution in [-0.4, -0.2) is 37.7 Å². The molecule has 7 heavy (non-hydrogen) atoms. The Hall–Kier alpha value is 1.63. The molecule has 0 fully saturated rings. The summed E-state index contributed by atoms with van der Waals surface area (Å²) in [4.78, 5) is 17.7. The molecule has 0 amide bonds. The van der Waals surface area contributed by atoms with Crippen LogP contribution in [0.2, 0.25) is 0 Å². The zero-order valence-corrected chi connectivity index (χ0v) is 7.02. The molecule has 0 unspecified atom stereocenters. The van der Waals surface area contributed by atoms with Crippen molar-refractivity contribution >= 4 is 55.9 Å². The van der Waals surface area contributed by atoms with E-state index in [1.54, 1.807) is 0 Å². The molecule has 0 aliphatic carbocycles. The van der Waals surface area contributed by atoms with Crippen molar-refractivity contribution < 1.29 is 19.1 Å². The van der Waals surface area contributed by atoms with E-state index in [0.717, 1.165) is 0 Å². The van der Waals surface area contributed by atoms with E-state index in [0.29, 0.717) is 0 Å². The largest absolute Gasteiger partial charge is 2.00 e. The summed E-state index contributed by atoms with van der Waals surface area (Å²) >= 11 is 3.97. The summed E-state index contributed by atoms with van der Waals surface area (Å²) in [5.74, 6) is 0. The van der Waals surface area contributed by atoms with E-state index < -0.39 is 6.95 Å². The van der Waals surface area contributed by atoms with Crippen molar-refractivity contribution in [3.05, 3.63) is 0 Å². The number of rotatable bonds is 0. The first kappa shape index (κ1) is 15.9. The van der Waals surface area contributed by atoms with Gasteiger partial charge in [-0.2, -0.15) is 0 Å². The van der Waals surface area contributed by atoms with Crippen LogP contribution >= 0.6 is 18.2 Å². The molecule has 0 N–H and O–H groups in total. The van der Waals surface area contributed by atoms with Gasteiger partial charge in [0.05, 0.1) is 0 Å². The predicted molar refractivity (Wildman–Crippen MR) is 21.7 cm³/mol.